The molecular formula is C8H12Cl2O3P+. The van der Waals surface area contributed by atoms with Crippen LogP contribution in [0.25, 0.3) is 0 Å². The lowest BCUT2D eigenvalue weighted by Crippen LogP contribution is -1.88. The van der Waals surface area contributed by atoms with E-state index in [4.69, 9.17) is 32.2 Å². The molecule has 80 valence electrons. The molecule has 0 aliphatic heterocycles. The van der Waals surface area contributed by atoms with Gasteiger partial charge in [-0.1, -0.05) is 13.2 Å². The van der Waals surface area contributed by atoms with E-state index in [1.165, 1.54) is 0 Å². The molecule has 0 aromatic rings. The summed E-state index contributed by atoms with van der Waals surface area (Å²) in [5.41, 5.74) is 0. The molecule has 0 aromatic heterocycles. The van der Waals surface area contributed by atoms with Gasteiger partial charge < -0.3 is 0 Å². The monoisotopic (exact) mass is 257 g/mol. The van der Waals surface area contributed by atoms with Gasteiger partial charge in [0.25, 0.3) is 0 Å². The minimum absolute atomic E-state index is 0.333. The van der Waals surface area contributed by atoms with Crippen molar-refractivity contribution in [2.75, 3.05) is 11.8 Å². The summed E-state index contributed by atoms with van der Waals surface area (Å²) in [6.07, 6.45) is 0.877. The molecule has 0 saturated carbocycles. The fourth-order valence-electron chi connectivity index (χ4n) is 0.532. The number of rotatable bonds is 8. The summed E-state index contributed by atoms with van der Waals surface area (Å²) in [5.74, 6) is 1.40. The van der Waals surface area contributed by atoms with Gasteiger partial charge in [-0.25, -0.2) is 9.05 Å². The van der Waals surface area contributed by atoms with Gasteiger partial charge in [0, 0.05) is 29.2 Å². The largest absolute Gasteiger partial charge is 0.804 e. The predicted molar refractivity (Wildman–Crippen MR) is 58.7 cm³/mol. The summed E-state index contributed by atoms with van der Waals surface area (Å²) in [6, 6.07) is 0. The Balaban J connectivity index is 3.75. The molecule has 0 fully saturated rings. The summed E-state index contributed by atoms with van der Waals surface area (Å²) < 4.78 is 20.7. The molecule has 0 saturated heterocycles. The molecule has 0 aliphatic rings. The van der Waals surface area contributed by atoms with Gasteiger partial charge in [-0.05, 0) is 0 Å². The SMILES string of the molecule is C=C(CCCl)O[P+](=O)OC(=C)CCCl. The van der Waals surface area contributed by atoms with Gasteiger partial charge in [0.2, 0.25) is 0 Å². The number of hydrogen-bond acceptors (Lipinski definition) is 3. The van der Waals surface area contributed by atoms with Crippen molar-refractivity contribution in [3.05, 3.63) is 24.7 Å². The molecule has 0 heterocycles. The van der Waals surface area contributed by atoms with Crippen LogP contribution in [0, 0.1) is 0 Å². The maximum absolute atomic E-state index is 11.1. The molecule has 0 rings (SSSR count). The van der Waals surface area contributed by atoms with Gasteiger partial charge in [0.1, 0.15) is 0 Å². The first kappa shape index (κ1) is 13.8. The predicted octanol–water partition coefficient (Wildman–Crippen LogP) is 3.96. The fraction of sp³-hybridized carbons (Fsp3) is 0.500. The van der Waals surface area contributed by atoms with Crippen LogP contribution in [-0.4, -0.2) is 11.8 Å². The third-order valence-corrected chi connectivity index (χ3v) is 2.35. The molecule has 0 bridgehead atoms. The van der Waals surface area contributed by atoms with E-state index in [9.17, 15) is 4.57 Å². The second-order valence-corrected chi connectivity index (χ2v) is 3.93. The van der Waals surface area contributed by atoms with E-state index in [1.54, 1.807) is 0 Å². The Kier molecular flexibility index (Phi) is 7.96. The topological polar surface area (TPSA) is 35.5 Å². The lowest BCUT2D eigenvalue weighted by atomic mass is 10.4. The van der Waals surface area contributed by atoms with Gasteiger partial charge in [0.15, 0.2) is 11.5 Å². The van der Waals surface area contributed by atoms with Crippen molar-refractivity contribution in [2.45, 2.75) is 12.8 Å². The van der Waals surface area contributed by atoms with Crippen LogP contribution < -0.4 is 0 Å². The van der Waals surface area contributed by atoms with Gasteiger partial charge >= 0.3 is 8.25 Å². The van der Waals surface area contributed by atoms with Crippen molar-refractivity contribution < 1.29 is 13.6 Å². The Morgan fingerprint density at radius 2 is 1.43 bits per heavy atom. The van der Waals surface area contributed by atoms with Gasteiger partial charge in [-0.2, -0.15) is 0 Å². The maximum Gasteiger partial charge on any atom is 0.804 e. The van der Waals surface area contributed by atoms with Crippen LogP contribution in [0.4, 0.5) is 0 Å². The fourth-order valence-corrected chi connectivity index (χ4v) is 1.59. The molecule has 0 aromatic carbocycles. The molecule has 3 nitrogen and oxygen atoms in total. The van der Waals surface area contributed by atoms with Crippen molar-refractivity contribution in [1.29, 1.82) is 0 Å². The Hall–Kier alpha value is -0.240. The van der Waals surface area contributed by atoms with E-state index >= 15 is 0 Å². The minimum atomic E-state index is -2.25. The highest BCUT2D eigenvalue weighted by atomic mass is 35.5. The molecule has 0 radical (unpaired) electrons. The first-order valence-corrected chi connectivity index (χ1v) is 6.07. The number of allylic oxidation sites excluding steroid dienone is 2. The van der Waals surface area contributed by atoms with Crippen molar-refractivity contribution in [2.24, 2.45) is 0 Å². The average molecular weight is 258 g/mol. The van der Waals surface area contributed by atoms with E-state index in [0.29, 0.717) is 36.1 Å². The molecule has 0 unspecified atom stereocenters. The van der Waals surface area contributed by atoms with Crippen LogP contribution in [0.1, 0.15) is 12.8 Å². The maximum atomic E-state index is 11.1. The Morgan fingerprint density at radius 1 is 1.07 bits per heavy atom. The normalized spacial score (nSPS) is 9.29. The van der Waals surface area contributed by atoms with Crippen LogP contribution in [0.3, 0.4) is 0 Å². The Morgan fingerprint density at radius 3 is 1.71 bits per heavy atom. The van der Waals surface area contributed by atoms with E-state index < -0.39 is 8.25 Å². The number of halogens is 2. The van der Waals surface area contributed by atoms with Gasteiger partial charge in [0.05, 0.1) is 0 Å². The van der Waals surface area contributed by atoms with E-state index in [0.717, 1.165) is 0 Å². The lowest BCUT2D eigenvalue weighted by molar-refractivity contribution is 0.307. The molecule has 0 aliphatic carbocycles. The Labute approximate surface area is 94.6 Å². The van der Waals surface area contributed by atoms with E-state index in [2.05, 4.69) is 13.2 Å². The third kappa shape index (κ3) is 7.19. The number of alkyl halides is 2. The van der Waals surface area contributed by atoms with E-state index in [-0.39, 0.29) is 0 Å². The molecule has 6 heteroatoms. The Bertz CT molecular complexity index is 209. The van der Waals surface area contributed by atoms with Crippen molar-refractivity contribution in [1.82, 2.24) is 0 Å². The van der Waals surface area contributed by atoms with Gasteiger partial charge in [-0.3, -0.25) is 0 Å². The molecule has 0 spiro atoms. The molecule has 14 heavy (non-hydrogen) atoms. The first-order chi connectivity index (χ1) is 6.60. The zero-order valence-corrected chi connectivity index (χ0v) is 10.1. The highest BCUT2D eigenvalue weighted by Gasteiger charge is 2.24. The molecule has 0 atom stereocenters. The summed E-state index contributed by atoms with van der Waals surface area (Å²) in [7, 11) is -2.25. The molecule has 0 N–H and O–H groups in total. The quantitative estimate of drug-likeness (QED) is 0.375. The summed E-state index contributed by atoms with van der Waals surface area (Å²) in [5, 5.41) is 0. The van der Waals surface area contributed by atoms with Crippen LogP contribution in [-0.2, 0) is 13.6 Å². The minimum Gasteiger partial charge on any atom is -0.227 e. The third-order valence-electron chi connectivity index (χ3n) is 1.15. The average Bonchev–Trinajstić information content (AvgIpc) is 2.03. The molecular weight excluding hydrogens is 246 g/mol. The second kappa shape index (κ2) is 8.10. The van der Waals surface area contributed by atoms with Crippen LogP contribution in [0.5, 0.6) is 0 Å². The standard InChI is InChI=1S/C8H12Cl2O3P/c1-7(3-5-9)12-14(11)13-8(2)4-6-10/h1-6H2/q+1. The van der Waals surface area contributed by atoms with Crippen molar-refractivity contribution in [3.8, 4) is 0 Å². The van der Waals surface area contributed by atoms with E-state index in [1.807, 2.05) is 0 Å². The zero-order chi connectivity index (χ0) is 11.0. The lowest BCUT2D eigenvalue weighted by Gasteiger charge is -1.95. The van der Waals surface area contributed by atoms with Crippen LogP contribution in [0.15, 0.2) is 24.7 Å². The highest BCUT2D eigenvalue weighted by Crippen LogP contribution is 2.31. The van der Waals surface area contributed by atoms with Crippen LogP contribution >= 0.6 is 31.5 Å². The zero-order valence-electron chi connectivity index (χ0n) is 7.67. The molecule has 0 amide bonds. The van der Waals surface area contributed by atoms with Crippen molar-refractivity contribution in [3.63, 3.8) is 0 Å². The number of hydrogen-bond donors (Lipinski definition) is 0. The highest BCUT2D eigenvalue weighted by molar-refractivity contribution is 7.33. The van der Waals surface area contributed by atoms with Crippen molar-refractivity contribution >= 4 is 31.5 Å². The van der Waals surface area contributed by atoms with Crippen LogP contribution in [0.2, 0.25) is 0 Å². The summed E-state index contributed by atoms with van der Waals surface area (Å²) in [4.78, 5) is 0. The van der Waals surface area contributed by atoms with Gasteiger partial charge in [-0.15, -0.1) is 23.2 Å². The first-order valence-electron chi connectivity index (χ1n) is 3.90. The summed E-state index contributed by atoms with van der Waals surface area (Å²) in [6.45, 7) is 7.02. The smallest absolute Gasteiger partial charge is 0.227 e. The second-order valence-electron chi connectivity index (χ2n) is 2.36. The summed E-state index contributed by atoms with van der Waals surface area (Å²) >= 11 is 10.8.